The second-order valence-corrected chi connectivity index (χ2v) is 4.56. The van der Waals surface area contributed by atoms with Crippen LogP contribution in [-0.4, -0.2) is 24.5 Å². The largest absolute Gasteiger partial charge is 0.303 e. The number of likely N-dealkylation sites (tertiary alicyclic amines) is 1. The van der Waals surface area contributed by atoms with E-state index in [9.17, 15) is 0 Å². The van der Waals surface area contributed by atoms with Crippen LogP contribution in [0.4, 0.5) is 0 Å². The summed E-state index contributed by atoms with van der Waals surface area (Å²) in [5, 5.41) is 0. The topological polar surface area (TPSA) is 3.24 Å². The number of hydrogen-bond donors (Lipinski definition) is 0. The predicted octanol–water partition coefficient (Wildman–Crippen LogP) is 2.52. The van der Waals surface area contributed by atoms with Gasteiger partial charge >= 0.3 is 0 Å². The Kier molecular flexibility index (Phi) is 2.69. The number of nitrogens with zero attached hydrogens (tertiary/aromatic N) is 1. The first kappa shape index (κ1) is 8.55. The molecule has 1 heterocycles. The summed E-state index contributed by atoms with van der Waals surface area (Å²) in [6, 6.07) is 0. The van der Waals surface area contributed by atoms with Crippen LogP contribution < -0.4 is 0 Å². The zero-order valence-corrected chi connectivity index (χ0v) is 8.26. The van der Waals surface area contributed by atoms with Crippen LogP contribution in [-0.2, 0) is 0 Å². The lowest BCUT2D eigenvalue weighted by Crippen LogP contribution is -2.21. The van der Waals surface area contributed by atoms with Gasteiger partial charge in [-0.1, -0.05) is 19.8 Å². The monoisotopic (exact) mass is 167 g/mol. The lowest BCUT2D eigenvalue weighted by molar-refractivity contribution is 0.299. The predicted molar refractivity (Wildman–Crippen MR) is 52.2 cm³/mol. The molecule has 0 aromatic heterocycles. The van der Waals surface area contributed by atoms with E-state index in [-0.39, 0.29) is 0 Å². The summed E-state index contributed by atoms with van der Waals surface area (Å²) in [4.78, 5) is 2.68. The third-order valence-corrected chi connectivity index (χ3v) is 3.59. The Balaban J connectivity index is 1.85. The Bertz CT molecular complexity index is 130. The van der Waals surface area contributed by atoms with E-state index in [1.807, 2.05) is 0 Å². The Hall–Kier alpha value is -0.0400. The summed E-state index contributed by atoms with van der Waals surface area (Å²) in [7, 11) is 0. The lowest BCUT2D eigenvalue weighted by atomic mass is 9.82. The van der Waals surface area contributed by atoms with Crippen molar-refractivity contribution in [2.24, 2.45) is 11.8 Å². The SMILES string of the molecule is CCCN1CC2CCCCC2C1. The minimum Gasteiger partial charge on any atom is -0.303 e. The van der Waals surface area contributed by atoms with Crippen molar-refractivity contribution in [3.63, 3.8) is 0 Å². The molecular weight excluding hydrogens is 146 g/mol. The van der Waals surface area contributed by atoms with Gasteiger partial charge in [0.1, 0.15) is 0 Å². The highest BCUT2D eigenvalue weighted by Gasteiger charge is 2.33. The summed E-state index contributed by atoms with van der Waals surface area (Å²) < 4.78 is 0. The van der Waals surface area contributed by atoms with Crippen molar-refractivity contribution in [2.75, 3.05) is 19.6 Å². The van der Waals surface area contributed by atoms with E-state index < -0.39 is 0 Å². The normalized spacial score (nSPS) is 36.8. The minimum absolute atomic E-state index is 1.07. The van der Waals surface area contributed by atoms with Crippen LogP contribution in [0.2, 0.25) is 0 Å². The molecule has 12 heavy (non-hydrogen) atoms. The summed E-state index contributed by atoms with van der Waals surface area (Å²) in [6.45, 7) is 6.46. The van der Waals surface area contributed by atoms with Gasteiger partial charge < -0.3 is 4.90 Å². The highest BCUT2D eigenvalue weighted by molar-refractivity contribution is 4.86. The minimum atomic E-state index is 1.07. The zero-order chi connectivity index (χ0) is 8.39. The highest BCUT2D eigenvalue weighted by Crippen LogP contribution is 2.35. The first-order valence-electron chi connectivity index (χ1n) is 5.62. The number of hydrogen-bond acceptors (Lipinski definition) is 1. The van der Waals surface area contributed by atoms with E-state index in [4.69, 9.17) is 0 Å². The Labute approximate surface area is 76.1 Å². The Morgan fingerprint density at radius 3 is 2.17 bits per heavy atom. The van der Waals surface area contributed by atoms with Crippen LogP contribution in [0.3, 0.4) is 0 Å². The van der Waals surface area contributed by atoms with Gasteiger partial charge in [-0.25, -0.2) is 0 Å². The first-order chi connectivity index (χ1) is 5.90. The smallest absolute Gasteiger partial charge is 0.00129 e. The average molecular weight is 167 g/mol. The van der Waals surface area contributed by atoms with E-state index in [0.29, 0.717) is 0 Å². The van der Waals surface area contributed by atoms with Gasteiger partial charge in [0.05, 0.1) is 0 Å². The maximum Gasteiger partial charge on any atom is 0.00129 e. The van der Waals surface area contributed by atoms with Gasteiger partial charge in [0, 0.05) is 13.1 Å². The van der Waals surface area contributed by atoms with E-state index in [1.165, 1.54) is 51.7 Å². The van der Waals surface area contributed by atoms with Crippen LogP contribution in [0.1, 0.15) is 39.0 Å². The average Bonchev–Trinajstić information content (AvgIpc) is 2.47. The van der Waals surface area contributed by atoms with Crippen molar-refractivity contribution in [2.45, 2.75) is 39.0 Å². The quantitative estimate of drug-likeness (QED) is 0.611. The molecule has 0 amide bonds. The summed E-state index contributed by atoms with van der Waals surface area (Å²) in [5.74, 6) is 2.15. The molecule has 2 unspecified atom stereocenters. The molecule has 1 aliphatic carbocycles. The van der Waals surface area contributed by atoms with Gasteiger partial charge in [0.2, 0.25) is 0 Å². The zero-order valence-electron chi connectivity index (χ0n) is 8.26. The van der Waals surface area contributed by atoms with Gasteiger partial charge in [-0.15, -0.1) is 0 Å². The standard InChI is InChI=1S/C11H21N/c1-2-7-12-8-10-5-3-4-6-11(10)9-12/h10-11H,2-9H2,1H3. The molecule has 2 rings (SSSR count). The molecule has 1 nitrogen and oxygen atoms in total. The molecule has 0 spiro atoms. The molecule has 0 bridgehead atoms. The van der Waals surface area contributed by atoms with Crippen molar-refractivity contribution in [3.05, 3.63) is 0 Å². The molecule has 1 saturated heterocycles. The van der Waals surface area contributed by atoms with Crippen molar-refractivity contribution >= 4 is 0 Å². The van der Waals surface area contributed by atoms with Crippen LogP contribution in [0.15, 0.2) is 0 Å². The van der Waals surface area contributed by atoms with Gasteiger partial charge in [0.15, 0.2) is 0 Å². The molecule has 2 aliphatic rings. The summed E-state index contributed by atoms with van der Waals surface area (Å²) >= 11 is 0. The summed E-state index contributed by atoms with van der Waals surface area (Å²) in [6.07, 6.45) is 7.37. The fourth-order valence-electron chi connectivity index (χ4n) is 3.00. The number of fused-ring (bicyclic) bond motifs is 1. The van der Waals surface area contributed by atoms with Gasteiger partial charge in [-0.3, -0.25) is 0 Å². The Morgan fingerprint density at radius 1 is 1.08 bits per heavy atom. The molecule has 0 aromatic carbocycles. The molecule has 70 valence electrons. The maximum atomic E-state index is 2.68. The van der Waals surface area contributed by atoms with E-state index in [2.05, 4.69) is 11.8 Å². The number of rotatable bonds is 2. The van der Waals surface area contributed by atoms with Crippen molar-refractivity contribution < 1.29 is 0 Å². The molecule has 1 saturated carbocycles. The molecule has 1 heteroatoms. The van der Waals surface area contributed by atoms with Gasteiger partial charge in [0.25, 0.3) is 0 Å². The fraction of sp³-hybridized carbons (Fsp3) is 1.00. The summed E-state index contributed by atoms with van der Waals surface area (Å²) in [5.41, 5.74) is 0. The second-order valence-electron chi connectivity index (χ2n) is 4.56. The van der Waals surface area contributed by atoms with E-state index >= 15 is 0 Å². The van der Waals surface area contributed by atoms with Crippen LogP contribution in [0, 0.1) is 11.8 Å². The van der Waals surface area contributed by atoms with Crippen molar-refractivity contribution in [1.29, 1.82) is 0 Å². The molecule has 0 aromatic rings. The highest BCUT2D eigenvalue weighted by atomic mass is 15.1. The van der Waals surface area contributed by atoms with E-state index in [1.54, 1.807) is 0 Å². The molecule has 0 N–H and O–H groups in total. The van der Waals surface area contributed by atoms with Crippen molar-refractivity contribution in [3.8, 4) is 0 Å². The van der Waals surface area contributed by atoms with Gasteiger partial charge in [-0.05, 0) is 37.6 Å². The van der Waals surface area contributed by atoms with Crippen LogP contribution in [0.25, 0.3) is 0 Å². The van der Waals surface area contributed by atoms with Crippen LogP contribution in [0.5, 0.6) is 0 Å². The van der Waals surface area contributed by atoms with Gasteiger partial charge in [-0.2, -0.15) is 0 Å². The molecule has 2 fully saturated rings. The van der Waals surface area contributed by atoms with E-state index in [0.717, 1.165) is 11.8 Å². The second kappa shape index (κ2) is 3.78. The molecule has 2 atom stereocenters. The first-order valence-corrected chi connectivity index (χ1v) is 5.62. The third kappa shape index (κ3) is 1.66. The van der Waals surface area contributed by atoms with Crippen molar-refractivity contribution in [1.82, 2.24) is 4.90 Å². The lowest BCUT2D eigenvalue weighted by Gasteiger charge is -2.23. The molecule has 0 radical (unpaired) electrons. The Morgan fingerprint density at radius 2 is 1.67 bits per heavy atom. The maximum absolute atomic E-state index is 2.68. The molecule has 1 aliphatic heterocycles. The third-order valence-electron chi connectivity index (χ3n) is 3.59. The van der Waals surface area contributed by atoms with Crippen LogP contribution >= 0.6 is 0 Å². The molecular formula is C11H21N. The fourth-order valence-corrected chi connectivity index (χ4v) is 3.00.